The topological polar surface area (TPSA) is 26.7 Å². The highest BCUT2D eigenvalue weighted by atomic mass is 16.3. The van der Waals surface area contributed by atoms with Crippen LogP contribution in [-0.2, 0) is 0 Å². The van der Waals surface area contributed by atoms with Crippen LogP contribution in [0.5, 0.6) is 0 Å². The monoisotopic (exact) mass is 228 g/mol. The molecule has 1 aliphatic rings. The molecule has 1 rings (SSSR count). The summed E-state index contributed by atoms with van der Waals surface area (Å²) in [5, 5.41) is 10.1. The Morgan fingerprint density at radius 1 is 1.31 bits per heavy atom. The molecule has 3 heteroatoms. The first-order valence-electron chi connectivity index (χ1n) is 6.45. The maximum atomic E-state index is 10.1. The normalized spacial score (nSPS) is 27.0. The van der Waals surface area contributed by atoms with Crippen LogP contribution >= 0.6 is 0 Å². The highest BCUT2D eigenvalue weighted by Crippen LogP contribution is 2.21. The summed E-state index contributed by atoms with van der Waals surface area (Å²) in [4.78, 5) is 4.84. The zero-order valence-electron chi connectivity index (χ0n) is 11.5. The SMILES string of the molecule is CCC1CN(CC(O)C(C)(C)C)CCN1C. The van der Waals surface area contributed by atoms with E-state index in [4.69, 9.17) is 0 Å². The molecular formula is C13H28N2O. The van der Waals surface area contributed by atoms with Crippen LogP contribution in [-0.4, -0.2) is 60.3 Å². The van der Waals surface area contributed by atoms with Crippen molar-refractivity contribution in [2.45, 2.75) is 46.3 Å². The van der Waals surface area contributed by atoms with Crippen LogP contribution in [0, 0.1) is 5.41 Å². The second-order valence-electron chi connectivity index (χ2n) is 6.18. The first-order valence-corrected chi connectivity index (χ1v) is 6.45. The highest BCUT2D eigenvalue weighted by Gasteiger charge is 2.28. The Balaban J connectivity index is 2.44. The van der Waals surface area contributed by atoms with Gasteiger partial charge in [0.25, 0.3) is 0 Å². The predicted octanol–water partition coefficient (Wildman–Crippen LogP) is 1.42. The van der Waals surface area contributed by atoms with Crippen molar-refractivity contribution < 1.29 is 5.11 Å². The van der Waals surface area contributed by atoms with Gasteiger partial charge in [0.1, 0.15) is 0 Å². The lowest BCUT2D eigenvalue weighted by atomic mass is 9.88. The molecule has 0 aromatic rings. The van der Waals surface area contributed by atoms with E-state index in [0.29, 0.717) is 6.04 Å². The van der Waals surface area contributed by atoms with Crippen molar-refractivity contribution in [2.75, 3.05) is 33.2 Å². The first kappa shape index (κ1) is 13.9. The second kappa shape index (κ2) is 5.48. The summed E-state index contributed by atoms with van der Waals surface area (Å²) in [6.45, 7) is 12.7. The number of rotatable bonds is 3. The van der Waals surface area contributed by atoms with E-state index in [0.717, 1.165) is 26.2 Å². The van der Waals surface area contributed by atoms with Crippen LogP contribution in [0.2, 0.25) is 0 Å². The number of likely N-dealkylation sites (N-methyl/N-ethyl adjacent to an activating group) is 1. The summed E-state index contributed by atoms with van der Waals surface area (Å²) in [5.41, 5.74) is -0.00887. The summed E-state index contributed by atoms with van der Waals surface area (Å²) in [7, 11) is 2.20. The van der Waals surface area contributed by atoms with Gasteiger partial charge in [0, 0.05) is 32.2 Å². The van der Waals surface area contributed by atoms with Crippen LogP contribution in [0.3, 0.4) is 0 Å². The van der Waals surface area contributed by atoms with Crippen molar-refractivity contribution in [1.82, 2.24) is 9.80 Å². The summed E-state index contributed by atoms with van der Waals surface area (Å²) in [6, 6.07) is 0.654. The lowest BCUT2D eigenvalue weighted by Gasteiger charge is -2.41. The van der Waals surface area contributed by atoms with Crippen molar-refractivity contribution in [3.63, 3.8) is 0 Å². The fourth-order valence-corrected chi connectivity index (χ4v) is 2.14. The summed E-state index contributed by atoms with van der Waals surface area (Å²) in [5.74, 6) is 0. The van der Waals surface area contributed by atoms with Crippen LogP contribution in [0.4, 0.5) is 0 Å². The van der Waals surface area contributed by atoms with E-state index in [1.165, 1.54) is 6.42 Å². The number of hydrogen-bond donors (Lipinski definition) is 1. The molecule has 96 valence electrons. The number of aliphatic hydroxyl groups is 1. The van der Waals surface area contributed by atoms with Gasteiger partial charge in [0.2, 0.25) is 0 Å². The van der Waals surface area contributed by atoms with Crippen molar-refractivity contribution >= 4 is 0 Å². The largest absolute Gasteiger partial charge is 0.391 e. The minimum atomic E-state index is -0.228. The Bertz CT molecular complexity index is 212. The molecule has 0 amide bonds. The molecule has 0 spiro atoms. The van der Waals surface area contributed by atoms with Gasteiger partial charge < -0.3 is 10.0 Å². The molecule has 1 heterocycles. The molecule has 0 saturated carbocycles. The molecule has 0 radical (unpaired) electrons. The van der Waals surface area contributed by atoms with Crippen LogP contribution < -0.4 is 0 Å². The maximum Gasteiger partial charge on any atom is 0.0715 e. The van der Waals surface area contributed by atoms with Crippen LogP contribution in [0.1, 0.15) is 34.1 Å². The fraction of sp³-hybridized carbons (Fsp3) is 1.00. The third-order valence-electron chi connectivity index (χ3n) is 3.76. The van der Waals surface area contributed by atoms with Gasteiger partial charge in [-0.25, -0.2) is 0 Å². The van der Waals surface area contributed by atoms with Gasteiger partial charge in [0.05, 0.1) is 6.10 Å². The molecule has 0 aliphatic carbocycles. The second-order valence-corrected chi connectivity index (χ2v) is 6.18. The molecule has 0 aromatic heterocycles. The van der Waals surface area contributed by atoms with Crippen molar-refractivity contribution in [1.29, 1.82) is 0 Å². The van der Waals surface area contributed by atoms with Gasteiger partial charge in [-0.1, -0.05) is 27.7 Å². The van der Waals surface area contributed by atoms with Crippen LogP contribution in [0.15, 0.2) is 0 Å². The summed E-state index contributed by atoms with van der Waals surface area (Å²) < 4.78 is 0. The van der Waals surface area contributed by atoms with Gasteiger partial charge in [-0.05, 0) is 18.9 Å². The average Bonchev–Trinajstić information content (AvgIpc) is 2.19. The van der Waals surface area contributed by atoms with Gasteiger partial charge >= 0.3 is 0 Å². The highest BCUT2D eigenvalue weighted by molar-refractivity contribution is 4.83. The predicted molar refractivity (Wildman–Crippen MR) is 68.6 cm³/mol. The van der Waals surface area contributed by atoms with E-state index in [-0.39, 0.29) is 11.5 Å². The Morgan fingerprint density at radius 3 is 2.44 bits per heavy atom. The lowest BCUT2D eigenvalue weighted by molar-refractivity contribution is 0.00345. The maximum absolute atomic E-state index is 10.1. The Labute approximate surface area is 100 Å². The van der Waals surface area contributed by atoms with E-state index < -0.39 is 0 Å². The number of aliphatic hydroxyl groups excluding tert-OH is 1. The zero-order chi connectivity index (χ0) is 12.3. The molecule has 0 bridgehead atoms. The molecule has 1 N–H and O–H groups in total. The molecule has 0 aromatic carbocycles. The minimum absolute atomic E-state index is 0.00887. The molecule has 16 heavy (non-hydrogen) atoms. The Morgan fingerprint density at radius 2 is 1.94 bits per heavy atom. The Kier molecular flexibility index (Phi) is 4.77. The summed E-state index contributed by atoms with van der Waals surface area (Å²) in [6.07, 6.45) is 0.965. The zero-order valence-corrected chi connectivity index (χ0v) is 11.5. The smallest absolute Gasteiger partial charge is 0.0715 e. The van der Waals surface area contributed by atoms with Gasteiger partial charge in [-0.3, -0.25) is 4.90 Å². The first-order chi connectivity index (χ1) is 7.34. The van der Waals surface area contributed by atoms with Crippen LogP contribution in [0.25, 0.3) is 0 Å². The quantitative estimate of drug-likeness (QED) is 0.791. The Hall–Kier alpha value is -0.120. The number of piperazine rings is 1. The number of hydrogen-bond acceptors (Lipinski definition) is 3. The summed E-state index contributed by atoms with van der Waals surface area (Å²) >= 11 is 0. The average molecular weight is 228 g/mol. The van der Waals surface area contributed by atoms with Crippen molar-refractivity contribution in [3.8, 4) is 0 Å². The lowest BCUT2D eigenvalue weighted by Crippen LogP contribution is -2.53. The molecule has 1 fully saturated rings. The minimum Gasteiger partial charge on any atom is -0.391 e. The van der Waals surface area contributed by atoms with E-state index in [2.05, 4.69) is 44.5 Å². The van der Waals surface area contributed by atoms with E-state index in [9.17, 15) is 5.11 Å². The van der Waals surface area contributed by atoms with E-state index in [1.54, 1.807) is 0 Å². The third kappa shape index (κ3) is 3.72. The van der Waals surface area contributed by atoms with E-state index >= 15 is 0 Å². The van der Waals surface area contributed by atoms with Gasteiger partial charge in [-0.15, -0.1) is 0 Å². The molecule has 2 atom stereocenters. The fourth-order valence-electron chi connectivity index (χ4n) is 2.14. The molecule has 1 saturated heterocycles. The molecular weight excluding hydrogens is 200 g/mol. The van der Waals surface area contributed by atoms with Gasteiger partial charge in [0.15, 0.2) is 0 Å². The van der Waals surface area contributed by atoms with Crippen molar-refractivity contribution in [3.05, 3.63) is 0 Å². The third-order valence-corrected chi connectivity index (χ3v) is 3.76. The molecule has 2 unspecified atom stereocenters. The van der Waals surface area contributed by atoms with Crippen molar-refractivity contribution in [2.24, 2.45) is 5.41 Å². The molecule has 3 nitrogen and oxygen atoms in total. The number of β-amino-alcohol motifs (C(OH)–C–C–N with tert-alkyl or cyclic N) is 1. The standard InChI is InChI=1S/C13H28N2O/c1-6-11-9-15(8-7-14(11)5)10-12(16)13(2,3)4/h11-12,16H,6-10H2,1-5H3. The van der Waals surface area contributed by atoms with Gasteiger partial charge in [-0.2, -0.15) is 0 Å². The van der Waals surface area contributed by atoms with E-state index in [1.807, 2.05) is 0 Å². The number of nitrogens with zero attached hydrogens (tertiary/aromatic N) is 2. The molecule has 1 aliphatic heterocycles.